The van der Waals surface area contributed by atoms with Gasteiger partial charge in [-0.2, -0.15) is 0 Å². The number of furan rings is 1. The molecule has 4 heteroatoms. The summed E-state index contributed by atoms with van der Waals surface area (Å²) in [5.74, 6) is 1.01. The number of amides is 1. The van der Waals surface area contributed by atoms with Crippen LogP contribution in [0.5, 0.6) is 0 Å². The third-order valence-corrected chi connectivity index (χ3v) is 5.64. The number of carbonyl (C=O) groups excluding carboxylic acids is 1. The smallest absolute Gasteiger partial charge is 0.227 e. The summed E-state index contributed by atoms with van der Waals surface area (Å²) in [7, 11) is 0. The van der Waals surface area contributed by atoms with Crippen molar-refractivity contribution < 1.29 is 9.21 Å². The SMILES string of the molecule is O=C(Nc1cccc(-c2cc3nccc(-c4ccccc4)c3o2)c1)C1CCCC1. The molecule has 0 bridgehead atoms. The fraction of sp³-hybridized carbons (Fsp3) is 0.200. The van der Waals surface area contributed by atoms with Gasteiger partial charge in [0.2, 0.25) is 5.91 Å². The van der Waals surface area contributed by atoms with E-state index >= 15 is 0 Å². The van der Waals surface area contributed by atoms with E-state index in [4.69, 9.17) is 4.42 Å². The third kappa shape index (κ3) is 3.54. The molecule has 1 saturated carbocycles. The number of hydrogen-bond donors (Lipinski definition) is 1. The minimum Gasteiger partial charge on any atom is -0.454 e. The zero-order chi connectivity index (χ0) is 19.6. The number of rotatable bonds is 4. The lowest BCUT2D eigenvalue weighted by molar-refractivity contribution is -0.119. The fourth-order valence-electron chi connectivity index (χ4n) is 4.11. The number of hydrogen-bond acceptors (Lipinski definition) is 3. The molecular formula is C25H22N2O2. The van der Waals surface area contributed by atoms with Crippen LogP contribution in [0.1, 0.15) is 25.7 Å². The normalized spacial score (nSPS) is 14.3. The Morgan fingerprint density at radius 1 is 0.931 bits per heavy atom. The molecule has 0 atom stereocenters. The maximum absolute atomic E-state index is 12.5. The fourth-order valence-corrected chi connectivity index (χ4v) is 4.11. The van der Waals surface area contributed by atoms with Gasteiger partial charge in [0.15, 0.2) is 5.58 Å². The summed E-state index contributed by atoms with van der Waals surface area (Å²) < 4.78 is 6.22. The van der Waals surface area contributed by atoms with E-state index in [2.05, 4.69) is 22.4 Å². The lowest BCUT2D eigenvalue weighted by Crippen LogP contribution is -2.20. The standard InChI is InChI=1S/C25H22N2O2/c28-25(18-9-4-5-10-18)27-20-12-6-11-19(15-20)23-16-22-24(29-23)21(13-14-26-22)17-7-2-1-3-8-17/h1-3,6-8,11-16,18H,4-5,9-10H2,(H,27,28). The van der Waals surface area contributed by atoms with Gasteiger partial charge in [-0.05, 0) is 36.6 Å². The van der Waals surface area contributed by atoms with E-state index in [-0.39, 0.29) is 11.8 Å². The van der Waals surface area contributed by atoms with E-state index in [0.29, 0.717) is 0 Å². The van der Waals surface area contributed by atoms with Gasteiger partial charge in [0.1, 0.15) is 11.3 Å². The first-order valence-electron chi connectivity index (χ1n) is 10.1. The molecule has 4 nitrogen and oxygen atoms in total. The van der Waals surface area contributed by atoms with Crippen molar-refractivity contribution in [1.29, 1.82) is 0 Å². The first-order chi connectivity index (χ1) is 14.3. The molecular weight excluding hydrogens is 360 g/mol. The Bertz CT molecular complexity index is 1160. The highest BCUT2D eigenvalue weighted by Crippen LogP contribution is 2.34. The molecule has 1 aliphatic carbocycles. The number of benzene rings is 2. The van der Waals surface area contributed by atoms with E-state index in [0.717, 1.165) is 64.9 Å². The van der Waals surface area contributed by atoms with E-state index in [1.54, 1.807) is 0 Å². The topological polar surface area (TPSA) is 55.1 Å². The van der Waals surface area contributed by atoms with Crippen LogP contribution in [0.15, 0.2) is 77.3 Å². The van der Waals surface area contributed by atoms with Gasteiger partial charge in [0.05, 0.1) is 0 Å². The number of fused-ring (bicyclic) bond motifs is 1. The molecule has 144 valence electrons. The second-order valence-electron chi connectivity index (χ2n) is 7.60. The maximum Gasteiger partial charge on any atom is 0.227 e. The Hall–Kier alpha value is -3.40. The molecule has 5 rings (SSSR count). The molecule has 0 spiro atoms. The average molecular weight is 382 g/mol. The molecule has 0 saturated heterocycles. The minimum atomic E-state index is 0.122. The van der Waals surface area contributed by atoms with E-state index in [9.17, 15) is 4.79 Å². The van der Waals surface area contributed by atoms with Gasteiger partial charge in [0.25, 0.3) is 0 Å². The number of carbonyl (C=O) groups is 1. The molecule has 2 heterocycles. The summed E-state index contributed by atoms with van der Waals surface area (Å²) in [6.45, 7) is 0. The van der Waals surface area contributed by atoms with Crippen molar-refractivity contribution in [3.8, 4) is 22.5 Å². The molecule has 2 aromatic heterocycles. The zero-order valence-corrected chi connectivity index (χ0v) is 16.1. The quantitative estimate of drug-likeness (QED) is 0.451. The Kier molecular flexibility index (Phi) is 4.60. The second-order valence-corrected chi connectivity index (χ2v) is 7.60. The van der Waals surface area contributed by atoms with Crippen LogP contribution in [0.4, 0.5) is 5.69 Å². The van der Waals surface area contributed by atoms with Crippen molar-refractivity contribution in [2.45, 2.75) is 25.7 Å². The highest BCUT2D eigenvalue weighted by molar-refractivity contribution is 5.94. The van der Waals surface area contributed by atoms with Crippen LogP contribution >= 0.6 is 0 Å². The molecule has 29 heavy (non-hydrogen) atoms. The molecule has 2 aromatic carbocycles. The van der Waals surface area contributed by atoms with E-state index in [1.807, 2.05) is 60.8 Å². The van der Waals surface area contributed by atoms with Gasteiger partial charge in [-0.15, -0.1) is 0 Å². The molecule has 1 N–H and O–H groups in total. The average Bonchev–Trinajstić information content (AvgIpc) is 3.44. The van der Waals surface area contributed by atoms with Gasteiger partial charge in [0, 0.05) is 35.0 Å². The molecule has 0 radical (unpaired) electrons. The van der Waals surface area contributed by atoms with E-state index < -0.39 is 0 Å². The van der Waals surface area contributed by atoms with Crippen molar-refractivity contribution in [3.05, 3.63) is 72.9 Å². The highest BCUT2D eigenvalue weighted by Gasteiger charge is 2.22. The molecule has 1 fully saturated rings. The lowest BCUT2D eigenvalue weighted by atomic mass is 10.1. The Balaban J connectivity index is 1.47. The molecule has 0 unspecified atom stereocenters. The first-order valence-corrected chi connectivity index (χ1v) is 10.1. The maximum atomic E-state index is 12.5. The predicted molar refractivity (Wildman–Crippen MR) is 115 cm³/mol. The van der Waals surface area contributed by atoms with E-state index in [1.165, 1.54) is 0 Å². The molecule has 0 aliphatic heterocycles. The van der Waals surface area contributed by atoms with Crippen LogP contribution < -0.4 is 5.32 Å². The van der Waals surface area contributed by atoms with Gasteiger partial charge in [-0.3, -0.25) is 9.78 Å². The van der Waals surface area contributed by atoms with Crippen LogP contribution in [0, 0.1) is 5.92 Å². The third-order valence-electron chi connectivity index (χ3n) is 5.64. The summed E-state index contributed by atoms with van der Waals surface area (Å²) in [5, 5.41) is 3.07. The summed E-state index contributed by atoms with van der Waals surface area (Å²) in [4.78, 5) is 16.9. The largest absolute Gasteiger partial charge is 0.454 e. The Morgan fingerprint density at radius 3 is 2.55 bits per heavy atom. The number of anilines is 1. The number of nitrogens with zero attached hydrogens (tertiary/aromatic N) is 1. The van der Waals surface area contributed by atoms with Crippen molar-refractivity contribution in [3.63, 3.8) is 0 Å². The van der Waals surface area contributed by atoms with Crippen molar-refractivity contribution in [2.24, 2.45) is 5.92 Å². The first kappa shape index (κ1) is 17.7. The van der Waals surface area contributed by atoms with Crippen LogP contribution in [0.2, 0.25) is 0 Å². The van der Waals surface area contributed by atoms with Crippen LogP contribution in [0.3, 0.4) is 0 Å². The molecule has 4 aromatic rings. The van der Waals surface area contributed by atoms with Crippen LogP contribution in [-0.4, -0.2) is 10.9 Å². The number of nitrogens with one attached hydrogen (secondary N) is 1. The Labute approximate surface area is 169 Å². The van der Waals surface area contributed by atoms with Gasteiger partial charge in [-0.25, -0.2) is 0 Å². The summed E-state index contributed by atoms with van der Waals surface area (Å²) in [6.07, 6.45) is 6.08. The van der Waals surface area contributed by atoms with Crippen LogP contribution in [0.25, 0.3) is 33.6 Å². The number of aromatic nitrogens is 1. The number of pyridine rings is 1. The molecule has 1 aliphatic rings. The summed E-state index contributed by atoms with van der Waals surface area (Å²) in [5.41, 5.74) is 5.43. The van der Waals surface area contributed by atoms with Crippen molar-refractivity contribution in [2.75, 3.05) is 5.32 Å². The van der Waals surface area contributed by atoms with Crippen LogP contribution in [-0.2, 0) is 4.79 Å². The zero-order valence-electron chi connectivity index (χ0n) is 16.1. The van der Waals surface area contributed by atoms with Crippen molar-refractivity contribution in [1.82, 2.24) is 4.98 Å². The summed E-state index contributed by atoms with van der Waals surface area (Å²) in [6, 6.07) is 21.9. The van der Waals surface area contributed by atoms with Gasteiger partial charge >= 0.3 is 0 Å². The lowest BCUT2D eigenvalue weighted by Gasteiger charge is -2.11. The minimum absolute atomic E-state index is 0.122. The van der Waals surface area contributed by atoms with Gasteiger partial charge < -0.3 is 9.73 Å². The monoisotopic (exact) mass is 382 g/mol. The summed E-state index contributed by atoms with van der Waals surface area (Å²) >= 11 is 0. The predicted octanol–water partition coefficient (Wildman–Crippen LogP) is 6.29. The molecule has 1 amide bonds. The van der Waals surface area contributed by atoms with Gasteiger partial charge in [-0.1, -0.05) is 55.3 Å². The highest BCUT2D eigenvalue weighted by atomic mass is 16.3. The Morgan fingerprint density at radius 2 is 1.72 bits per heavy atom. The second kappa shape index (κ2) is 7.55. The van der Waals surface area contributed by atoms with Crippen molar-refractivity contribution >= 4 is 22.7 Å².